The van der Waals surface area contributed by atoms with Gasteiger partial charge in [0, 0.05) is 73.1 Å². The molecule has 0 aromatic heterocycles. The molecule has 4 atom stereocenters. The number of rotatable bonds is 10. The number of nitrogens with zero attached hydrogens (tertiary/aromatic N) is 4. The summed E-state index contributed by atoms with van der Waals surface area (Å²) in [5, 5.41) is 5.03. The van der Waals surface area contributed by atoms with Crippen molar-refractivity contribution in [2.45, 2.75) is 101 Å². The predicted octanol–water partition coefficient (Wildman–Crippen LogP) is 21.6. The molecule has 2 aliphatic carbocycles. The third-order valence-electron chi connectivity index (χ3n) is 21.8. The Morgan fingerprint density at radius 2 is 0.605 bits per heavy atom. The average Bonchev–Trinajstić information content (AvgIpc) is 2.21. The van der Waals surface area contributed by atoms with E-state index in [-0.39, 0.29) is 21.9 Å². The van der Waals surface area contributed by atoms with Crippen molar-refractivity contribution >= 4 is 55.7 Å². The molecule has 4 unspecified atom stereocenters. The molecule has 0 N–H and O–H groups in total. The van der Waals surface area contributed by atoms with Crippen LogP contribution in [-0.4, -0.2) is 39.3 Å². The fraction of sp³-hybridized carbons (Fsp3) is 0.244. The van der Waals surface area contributed by atoms with E-state index in [1.807, 2.05) is 0 Å². The van der Waals surface area contributed by atoms with E-state index in [1.54, 1.807) is 0 Å². The highest BCUT2D eigenvalue weighted by Crippen LogP contribution is 2.63. The van der Waals surface area contributed by atoms with E-state index in [0.29, 0.717) is 0 Å². The zero-order chi connectivity index (χ0) is 58.7. The molecular weight excluding hydrogens is 1040 g/mol. The molecule has 4 aliphatic rings. The summed E-state index contributed by atoms with van der Waals surface area (Å²) in [6.07, 6.45) is 9.62. The molecule has 4 heteroatoms. The summed E-state index contributed by atoms with van der Waals surface area (Å²) in [6, 6.07) is 88.5. The zero-order valence-corrected chi connectivity index (χ0v) is 51.4. The number of hydrogen-bond acceptors (Lipinski definition) is 4. The molecule has 0 bridgehead atoms. The lowest BCUT2D eigenvalue weighted by molar-refractivity contribution is 0.195. The second-order valence-electron chi connectivity index (χ2n) is 26.7. The van der Waals surface area contributed by atoms with Gasteiger partial charge in [-0.1, -0.05) is 185 Å². The number of benzene rings is 11. The molecule has 0 saturated heterocycles. The zero-order valence-electron chi connectivity index (χ0n) is 51.4. The Labute approximate surface area is 510 Å². The van der Waals surface area contributed by atoms with Crippen LogP contribution < -0.4 is 19.6 Å². The SMILES string of the molecule is CN(C)c1ccc(N2c3ccc(-c4ccc5c(-c6ccc(-c7ccccc7)cc6)c6cc(-c7ccc8c(c7)C7(C)CCCCC7(C)N8c7ccc(N(C)C)cc7)ccc6c(-c6ccc(-c7ccccc7)cc6)c5c4)cc3C3(C)CCCCC23C)cc1. The first-order chi connectivity index (χ1) is 41.7. The first-order valence-electron chi connectivity index (χ1n) is 31.6. The summed E-state index contributed by atoms with van der Waals surface area (Å²) in [4.78, 5) is 9.79. The summed E-state index contributed by atoms with van der Waals surface area (Å²) in [7, 11) is 8.50. The molecule has 0 radical (unpaired) electrons. The van der Waals surface area contributed by atoms with Gasteiger partial charge in [0.05, 0.1) is 11.1 Å². The van der Waals surface area contributed by atoms with Gasteiger partial charge < -0.3 is 19.6 Å². The molecule has 0 amide bonds. The predicted molar refractivity (Wildman–Crippen MR) is 368 cm³/mol. The normalized spacial score (nSPS) is 21.3. The van der Waals surface area contributed by atoms with Crippen molar-refractivity contribution in [1.29, 1.82) is 0 Å². The van der Waals surface area contributed by atoms with Crippen molar-refractivity contribution in [3.8, 4) is 66.8 Å². The quantitative estimate of drug-likeness (QED) is 0.127. The van der Waals surface area contributed by atoms with Gasteiger partial charge in [0.15, 0.2) is 0 Å². The van der Waals surface area contributed by atoms with Crippen LogP contribution in [0.15, 0.2) is 231 Å². The van der Waals surface area contributed by atoms with Gasteiger partial charge in [-0.05, 0) is 224 Å². The summed E-state index contributed by atoms with van der Waals surface area (Å²) in [5.74, 6) is 0. The minimum atomic E-state index is -0.0512. The average molecular weight is 1120 g/mol. The van der Waals surface area contributed by atoms with Gasteiger partial charge in [-0.25, -0.2) is 0 Å². The summed E-state index contributed by atoms with van der Waals surface area (Å²) < 4.78 is 0. The highest BCUT2D eigenvalue weighted by Gasteiger charge is 2.59. The summed E-state index contributed by atoms with van der Waals surface area (Å²) >= 11 is 0. The van der Waals surface area contributed by atoms with Crippen molar-refractivity contribution in [3.63, 3.8) is 0 Å². The fourth-order valence-corrected chi connectivity index (χ4v) is 16.6. The monoisotopic (exact) mass is 1120 g/mol. The third-order valence-corrected chi connectivity index (χ3v) is 21.8. The van der Waals surface area contributed by atoms with Crippen LogP contribution in [-0.2, 0) is 10.8 Å². The van der Waals surface area contributed by atoms with Gasteiger partial charge in [-0.15, -0.1) is 0 Å². The van der Waals surface area contributed by atoms with Crippen LogP contribution in [0.3, 0.4) is 0 Å². The Hall–Kier alpha value is -8.86. The first-order valence-corrected chi connectivity index (χ1v) is 31.6. The standard InChI is InChI=1S/C82H78N4/c1-79-47-15-17-49-81(79,3)85(67-39-35-65(36-40-67)83(5)6)75-45-33-63(53-73(75)79)61-31-43-69-71(51-61)77(59-27-23-57(24-28-59)55-19-11-9-12-20-55)70-44-32-62(52-72(70)78(69)60-29-25-58(26-30-60)56-21-13-10-14-22-56)64-34-46-76-74(54-64)80(2)48-16-18-50-82(80,4)86(76)68-41-37-66(38-42-68)84(7)8/h9-14,19-46,51-54H,15-18,47-50H2,1-8H3. The van der Waals surface area contributed by atoms with E-state index >= 15 is 0 Å². The Kier molecular flexibility index (Phi) is 12.8. The van der Waals surface area contributed by atoms with E-state index in [2.05, 4.69) is 306 Å². The molecule has 86 heavy (non-hydrogen) atoms. The van der Waals surface area contributed by atoms with Gasteiger partial charge in [0.1, 0.15) is 0 Å². The van der Waals surface area contributed by atoms with Crippen molar-refractivity contribution in [2.24, 2.45) is 0 Å². The summed E-state index contributed by atoms with van der Waals surface area (Å²) in [6.45, 7) is 10.2. The van der Waals surface area contributed by atoms with Crippen molar-refractivity contribution in [3.05, 3.63) is 242 Å². The molecular formula is C82H78N4. The van der Waals surface area contributed by atoms with Crippen LogP contribution >= 0.6 is 0 Å². The lowest BCUT2D eigenvalue weighted by Gasteiger charge is -2.50. The molecule has 15 rings (SSSR count). The van der Waals surface area contributed by atoms with Crippen molar-refractivity contribution in [2.75, 3.05) is 47.8 Å². The molecule has 0 spiro atoms. The van der Waals surface area contributed by atoms with Gasteiger partial charge in [0.2, 0.25) is 0 Å². The Bertz CT molecular complexity index is 4110. The highest BCUT2D eigenvalue weighted by molar-refractivity contribution is 6.22. The highest BCUT2D eigenvalue weighted by atomic mass is 15.3. The molecule has 11 aromatic rings. The second-order valence-corrected chi connectivity index (χ2v) is 26.7. The smallest absolute Gasteiger partial charge is 0.0517 e. The molecule has 2 saturated carbocycles. The topological polar surface area (TPSA) is 13.0 Å². The number of anilines is 6. The van der Waals surface area contributed by atoms with Gasteiger partial charge >= 0.3 is 0 Å². The molecule has 11 aromatic carbocycles. The van der Waals surface area contributed by atoms with Crippen LogP contribution in [0.1, 0.15) is 90.2 Å². The van der Waals surface area contributed by atoms with E-state index in [9.17, 15) is 0 Å². The van der Waals surface area contributed by atoms with Crippen molar-refractivity contribution in [1.82, 2.24) is 0 Å². The lowest BCUT2D eigenvalue weighted by Crippen LogP contribution is -2.54. The second kappa shape index (κ2) is 20.4. The van der Waals surface area contributed by atoms with Gasteiger partial charge in [-0.2, -0.15) is 0 Å². The van der Waals surface area contributed by atoms with E-state index in [1.165, 1.54) is 172 Å². The van der Waals surface area contributed by atoms with Crippen LogP contribution in [0.25, 0.3) is 88.3 Å². The fourth-order valence-electron chi connectivity index (χ4n) is 16.6. The van der Waals surface area contributed by atoms with Crippen LogP contribution in [0.4, 0.5) is 34.1 Å². The lowest BCUT2D eigenvalue weighted by atomic mass is 9.61. The minimum Gasteiger partial charge on any atom is -0.378 e. The maximum atomic E-state index is 2.70. The number of fused-ring (bicyclic) bond motifs is 8. The third kappa shape index (κ3) is 8.30. The van der Waals surface area contributed by atoms with Crippen molar-refractivity contribution < 1.29 is 0 Å². The maximum absolute atomic E-state index is 2.70. The Morgan fingerprint density at radius 3 is 0.977 bits per heavy atom. The summed E-state index contributed by atoms with van der Waals surface area (Å²) in [5.41, 5.74) is 25.3. The molecule has 2 fully saturated rings. The minimum absolute atomic E-state index is 0.0173. The molecule has 426 valence electrons. The molecule has 2 aliphatic heterocycles. The van der Waals surface area contributed by atoms with E-state index < -0.39 is 0 Å². The van der Waals surface area contributed by atoms with Gasteiger partial charge in [0.25, 0.3) is 0 Å². The van der Waals surface area contributed by atoms with Crippen LogP contribution in [0.2, 0.25) is 0 Å². The van der Waals surface area contributed by atoms with Crippen LogP contribution in [0, 0.1) is 0 Å². The molecule has 4 nitrogen and oxygen atoms in total. The Balaban J connectivity index is 0.936. The largest absolute Gasteiger partial charge is 0.378 e. The van der Waals surface area contributed by atoms with Gasteiger partial charge in [-0.3, -0.25) is 0 Å². The van der Waals surface area contributed by atoms with E-state index in [0.717, 1.165) is 12.8 Å². The van der Waals surface area contributed by atoms with E-state index in [4.69, 9.17) is 0 Å². The Morgan fingerprint density at radius 1 is 0.291 bits per heavy atom. The maximum Gasteiger partial charge on any atom is 0.0517 e. The number of hydrogen-bond donors (Lipinski definition) is 0. The molecule has 2 heterocycles. The van der Waals surface area contributed by atoms with Crippen LogP contribution in [0.5, 0.6) is 0 Å². The first kappa shape index (κ1) is 53.8.